The van der Waals surface area contributed by atoms with Crippen molar-refractivity contribution in [3.63, 3.8) is 0 Å². The van der Waals surface area contributed by atoms with E-state index in [1.807, 2.05) is 37.0 Å². The lowest BCUT2D eigenvalue weighted by atomic mass is 9.94. The van der Waals surface area contributed by atoms with E-state index in [9.17, 15) is 4.79 Å². The van der Waals surface area contributed by atoms with E-state index >= 15 is 0 Å². The number of ether oxygens (including phenoxy) is 1. The Bertz CT molecular complexity index is 958. The van der Waals surface area contributed by atoms with Gasteiger partial charge in [-0.15, -0.1) is 0 Å². The fourth-order valence-corrected chi connectivity index (χ4v) is 3.73. The zero-order valence-electron chi connectivity index (χ0n) is 15.2. The molecule has 4 rings (SSSR count). The van der Waals surface area contributed by atoms with Crippen LogP contribution in [-0.4, -0.2) is 38.8 Å². The fourth-order valence-electron chi connectivity index (χ4n) is 3.73. The van der Waals surface area contributed by atoms with Crippen molar-refractivity contribution < 1.29 is 9.53 Å². The molecule has 2 atom stereocenters. The van der Waals surface area contributed by atoms with Gasteiger partial charge in [0.1, 0.15) is 11.3 Å². The number of aromatic nitrogens is 4. The van der Waals surface area contributed by atoms with Crippen LogP contribution in [0.15, 0.2) is 24.4 Å². The summed E-state index contributed by atoms with van der Waals surface area (Å²) in [6, 6.07) is 5.59. The monoisotopic (exact) mass is 353 g/mol. The van der Waals surface area contributed by atoms with Crippen LogP contribution in [0.1, 0.15) is 40.0 Å². The molecule has 1 amide bonds. The third-order valence-electron chi connectivity index (χ3n) is 5.23. The van der Waals surface area contributed by atoms with Gasteiger partial charge in [-0.2, -0.15) is 5.10 Å². The van der Waals surface area contributed by atoms with Gasteiger partial charge in [0.15, 0.2) is 0 Å². The second-order valence-electron chi connectivity index (χ2n) is 6.87. The van der Waals surface area contributed by atoms with Crippen molar-refractivity contribution in [1.82, 2.24) is 25.1 Å². The van der Waals surface area contributed by atoms with Gasteiger partial charge in [-0.3, -0.25) is 9.48 Å². The van der Waals surface area contributed by atoms with E-state index in [4.69, 9.17) is 4.74 Å². The normalized spacial score (nSPS) is 20.0. The van der Waals surface area contributed by atoms with Gasteiger partial charge < -0.3 is 15.0 Å². The van der Waals surface area contributed by atoms with Crippen LogP contribution in [0.2, 0.25) is 0 Å². The van der Waals surface area contributed by atoms with Gasteiger partial charge in [-0.05, 0) is 38.5 Å². The van der Waals surface area contributed by atoms with E-state index in [1.54, 1.807) is 6.07 Å². The quantitative estimate of drug-likeness (QED) is 0.754. The molecule has 0 aromatic carbocycles. The molecule has 1 aliphatic rings. The minimum atomic E-state index is -0.160. The van der Waals surface area contributed by atoms with E-state index in [0.29, 0.717) is 18.8 Å². The first kappa shape index (κ1) is 16.8. The molecule has 3 aromatic rings. The van der Waals surface area contributed by atoms with Crippen LogP contribution in [0, 0.1) is 19.8 Å². The SMILES string of the molecule is Cc1nn(C)c(C)c1[C@@H]1OCC[C@H]1CNC(=O)c1ccc2cc[nH]c2n1. The predicted octanol–water partition coefficient (Wildman–Crippen LogP) is 2.42. The highest BCUT2D eigenvalue weighted by Crippen LogP contribution is 2.37. The molecular formula is C19H23N5O2. The molecule has 0 spiro atoms. The van der Waals surface area contributed by atoms with Crippen LogP contribution in [0.25, 0.3) is 11.0 Å². The van der Waals surface area contributed by atoms with Gasteiger partial charge in [0.2, 0.25) is 0 Å². The first-order valence-corrected chi connectivity index (χ1v) is 8.88. The van der Waals surface area contributed by atoms with Crippen molar-refractivity contribution in [3.8, 4) is 0 Å². The maximum absolute atomic E-state index is 12.5. The van der Waals surface area contributed by atoms with Crippen LogP contribution >= 0.6 is 0 Å². The van der Waals surface area contributed by atoms with E-state index in [-0.39, 0.29) is 17.9 Å². The van der Waals surface area contributed by atoms with Crippen molar-refractivity contribution in [2.45, 2.75) is 26.4 Å². The molecule has 1 aliphatic heterocycles. The first-order chi connectivity index (χ1) is 12.5. The Hall–Kier alpha value is -2.67. The van der Waals surface area contributed by atoms with Gasteiger partial charge in [0, 0.05) is 49.0 Å². The summed E-state index contributed by atoms with van der Waals surface area (Å²) in [5, 5.41) is 8.51. The van der Waals surface area contributed by atoms with Crippen molar-refractivity contribution in [2.75, 3.05) is 13.2 Å². The summed E-state index contributed by atoms with van der Waals surface area (Å²) < 4.78 is 7.87. The van der Waals surface area contributed by atoms with Crippen LogP contribution in [0.4, 0.5) is 0 Å². The van der Waals surface area contributed by atoms with Crippen LogP contribution in [0.5, 0.6) is 0 Å². The summed E-state index contributed by atoms with van der Waals surface area (Å²) in [4.78, 5) is 19.9. The number of H-pyrrole nitrogens is 1. The average Bonchev–Trinajstić information content (AvgIpc) is 3.32. The molecule has 2 N–H and O–H groups in total. The Morgan fingerprint density at radius 1 is 1.38 bits per heavy atom. The molecule has 0 radical (unpaired) electrons. The van der Waals surface area contributed by atoms with Gasteiger partial charge in [0.05, 0.1) is 11.8 Å². The molecule has 7 nitrogen and oxygen atoms in total. The molecule has 0 saturated carbocycles. The topological polar surface area (TPSA) is 84.8 Å². The summed E-state index contributed by atoms with van der Waals surface area (Å²) in [7, 11) is 1.94. The van der Waals surface area contributed by atoms with E-state index in [1.165, 1.54) is 0 Å². The maximum atomic E-state index is 12.5. The van der Waals surface area contributed by atoms with E-state index in [2.05, 4.69) is 27.3 Å². The number of hydrogen-bond acceptors (Lipinski definition) is 4. The Labute approximate surface area is 151 Å². The third-order valence-corrected chi connectivity index (χ3v) is 5.23. The van der Waals surface area contributed by atoms with Gasteiger partial charge in [-0.25, -0.2) is 4.98 Å². The molecule has 1 fully saturated rings. The Morgan fingerprint density at radius 3 is 3.00 bits per heavy atom. The summed E-state index contributed by atoms with van der Waals surface area (Å²) >= 11 is 0. The number of rotatable bonds is 4. The summed E-state index contributed by atoms with van der Waals surface area (Å²) in [5.41, 5.74) is 4.40. The second kappa shape index (κ2) is 6.57. The fraction of sp³-hybridized carbons (Fsp3) is 0.421. The maximum Gasteiger partial charge on any atom is 0.269 e. The number of nitrogens with zero attached hydrogens (tertiary/aromatic N) is 3. The smallest absolute Gasteiger partial charge is 0.269 e. The number of aromatic amines is 1. The Morgan fingerprint density at radius 2 is 2.23 bits per heavy atom. The summed E-state index contributed by atoms with van der Waals surface area (Å²) in [6.07, 6.45) is 2.71. The molecule has 26 heavy (non-hydrogen) atoms. The predicted molar refractivity (Wildman–Crippen MR) is 97.9 cm³/mol. The van der Waals surface area contributed by atoms with Crippen LogP contribution in [-0.2, 0) is 11.8 Å². The number of hydrogen-bond donors (Lipinski definition) is 2. The van der Waals surface area contributed by atoms with Gasteiger partial charge in [-0.1, -0.05) is 0 Å². The average molecular weight is 353 g/mol. The third kappa shape index (κ3) is 2.88. The highest BCUT2D eigenvalue weighted by molar-refractivity contribution is 5.94. The molecule has 3 aromatic heterocycles. The molecule has 1 saturated heterocycles. The summed E-state index contributed by atoms with van der Waals surface area (Å²) in [6.45, 7) is 5.32. The Balaban J connectivity index is 1.47. The Kier molecular flexibility index (Phi) is 4.24. The number of nitrogens with one attached hydrogen (secondary N) is 2. The molecule has 0 aliphatic carbocycles. The van der Waals surface area contributed by atoms with E-state index in [0.717, 1.165) is 34.4 Å². The van der Waals surface area contributed by atoms with Gasteiger partial charge in [0.25, 0.3) is 5.91 Å². The zero-order chi connectivity index (χ0) is 18.3. The number of fused-ring (bicyclic) bond motifs is 1. The molecule has 0 unspecified atom stereocenters. The van der Waals surface area contributed by atoms with Gasteiger partial charge >= 0.3 is 0 Å². The summed E-state index contributed by atoms with van der Waals surface area (Å²) in [5.74, 6) is 0.0709. The number of pyridine rings is 1. The number of amides is 1. The minimum absolute atomic E-state index is 0.0251. The second-order valence-corrected chi connectivity index (χ2v) is 6.87. The molecule has 4 heterocycles. The largest absolute Gasteiger partial charge is 0.373 e. The lowest BCUT2D eigenvalue weighted by Crippen LogP contribution is -2.31. The van der Waals surface area contributed by atoms with Crippen LogP contribution in [0.3, 0.4) is 0 Å². The first-order valence-electron chi connectivity index (χ1n) is 8.88. The molecule has 0 bridgehead atoms. The standard InChI is InChI=1S/C19H23N5O2/c1-11-16(12(2)24(3)23-11)17-14(7-9-26-17)10-21-19(25)15-5-4-13-6-8-20-18(13)22-15/h4-6,8,14,17H,7,9-10H2,1-3H3,(H,20,22)(H,21,25)/t14-,17+/m0/s1. The molecular weight excluding hydrogens is 330 g/mol. The number of carbonyl (C=O) groups excluding carboxylic acids is 1. The van der Waals surface area contributed by atoms with Crippen molar-refractivity contribution in [3.05, 3.63) is 47.0 Å². The minimum Gasteiger partial charge on any atom is -0.373 e. The highest BCUT2D eigenvalue weighted by atomic mass is 16.5. The highest BCUT2D eigenvalue weighted by Gasteiger charge is 2.33. The van der Waals surface area contributed by atoms with Crippen LogP contribution < -0.4 is 5.32 Å². The van der Waals surface area contributed by atoms with Crippen molar-refractivity contribution in [1.29, 1.82) is 0 Å². The number of carbonyl (C=O) groups is 1. The van der Waals surface area contributed by atoms with Crippen molar-refractivity contribution >= 4 is 16.9 Å². The molecule has 136 valence electrons. The molecule has 7 heteroatoms. The van der Waals surface area contributed by atoms with E-state index < -0.39 is 0 Å². The van der Waals surface area contributed by atoms with Crippen molar-refractivity contribution in [2.24, 2.45) is 13.0 Å². The number of aryl methyl sites for hydroxylation is 2. The lowest BCUT2D eigenvalue weighted by molar-refractivity contribution is 0.0838. The zero-order valence-corrected chi connectivity index (χ0v) is 15.2. The lowest BCUT2D eigenvalue weighted by Gasteiger charge is -2.19.